The second-order valence-corrected chi connectivity index (χ2v) is 13.3. The maximum absolute atomic E-state index is 13.6. The zero-order valence-corrected chi connectivity index (χ0v) is 25.8. The van der Waals surface area contributed by atoms with Gasteiger partial charge in [0.25, 0.3) is 0 Å². The molecule has 0 unspecified atom stereocenters. The van der Waals surface area contributed by atoms with E-state index in [0.717, 1.165) is 36.2 Å². The van der Waals surface area contributed by atoms with E-state index < -0.39 is 16.1 Å². The monoisotopic (exact) mass is 635 g/mol. The molecule has 0 aliphatic heterocycles. The molecule has 1 saturated carbocycles. The lowest BCUT2D eigenvalue weighted by atomic mass is 10.1. The number of anilines is 1. The molecule has 1 aliphatic rings. The highest BCUT2D eigenvalue weighted by Crippen LogP contribution is 2.31. The molecule has 0 aromatic heterocycles. The number of hydrogen-bond acceptors (Lipinski definition) is 4. The molecule has 7 nitrogen and oxygen atoms in total. The molecule has 3 rings (SSSR count). The van der Waals surface area contributed by atoms with Gasteiger partial charge in [0.2, 0.25) is 21.8 Å². The zero-order valence-electron chi connectivity index (χ0n) is 21.9. The number of halogens is 4. The van der Waals surface area contributed by atoms with Crippen LogP contribution in [-0.2, 0) is 26.2 Å². The molecule has 0 spiro atoms. The van der Waals surface area contributed by atoms with Crippen LogP contribution < -0.4 is 9.62 Å². The first-order chi connectivity index (χ1) is 18.4. The van der Waals surface area contributed by atoms with Crippen LogP contribution in [0.1, 0.15) is 57.4 Å². The molecular formula is C27H33Cl4N3O4S. The van der Waals surface area contributed by atoms with Crippen LogP contribution in [0, 0.1) is 0 Å². The van der Waals surface area contributed by atoms with Crippen molar-refractivity contribution in [1.82, 2.24) is 10.2 Å². The van der Waals surface area contributed by atoms with Gasteiger partial charge in [0.15, 0.2) is 0 Å². The number of hydrogen-bond donors (Lipinski definition) is 1. The summed E-state index contributed by atoms with van der Waals surface area (Å²) in [7, 11) is -3.71. The summed E-state index contributed by atoms with van der Waals surface area (Å²) in [5.41, 5.74) is 0.899. The van der Waals surface area contributed by atoms with Gasteiger partial charge in [0.05, 0.1) is 17.0 Å². The maximum Gasteiger partial charge on any atom is 0.243 e. The predicted molar refractivity (Wildman–Crippen MR) is 159 cm³/mol. The standard InChI is InChI=1S/C27H33Cl4N3O4S/c1-3-24(27(36)32-21-7-4-5-8-21)33(17-18-10-11-19(28)15-23(18)31)26(35)9-6-14-34(39(2,37)38)25-16-20(29)12-13-22(25)30/h10-13,15-16,21,24H,3-9,14,17H2,1-2H3,(H,32,36)/t24-/m0/s1. The molecule has 2 amide bonds. The van der Waals surface area contributed by atoms with Crippen LogP contribution in [0.5, 0.6) is 0 Å². The molecule has 2 aromatic rings. The highest BCUT2D eigenvalue weighted by molar-refractivity contribution is 7.92. The van der Waals surface area contributed by atoms with Crippen LogP contribution in [0.4, 0.5) is 5.69 Å². The fourth-order valence-corrected chi connectivity index (χ4v) is 6.65. The summed E-state index contributed by atoms with van der Waals surface area (Å²) in [5, 5.41) is 4.52. The Morgan fingerprint density at radius 1 is 1.00 bits per heavy atom. The quantitative estimate of drug-likeness (QED) is 0.280. The Balaban J connectivity index is 1.81. The third kappa shape index (κ3) is 8.89. The molecule has 1 fully saturated rings. The van der Waals surface area contributed by atoms with Gasteiger partial charge in [-0.05, 0) is 61.6 Å². The van der Waals surface area contributed by atoms with Crippen molar-refractivity contribution in [1.29, 1.82) is 0 Å². The first-order valence-corrected chi connectivity index (χ1v) is 16.2. The van der Waals surface area contributed by atoms with Gasteiger partial charge < -0.3 is 10.2 Å². The van der Waals surface area contributed by atoms with Crippen molar-refractivity contribution >= 4 is 73.9 Å². The Morgan fingerprint density at radius 3 is 2.26 bits per heavy atom. The summed E-state index contributed by atoms with van der Waals surface area (Å²) >= 11 is 24.8. The second kappa shape index (κ2) is 14.3. The summed E-state index contributed by atoms with van der Waals surface area (Å²) < 4.78 is 26.3. The molecule has 2 aromatic carbocycles. The minimum absolute atomic E-state index is 0.00260. The summed E-state index contributed by atoms with van der Waals surface area (Å²) in [6, 6.07) is 8.98. The van der Waals surface area contributed by atoms with Gasteiger partial charge in [-0.2, -0.15) is 0 Å². The van der Waals surface area contributed by atoms with Crippen LogP contribution in [0.2, 0.25) is 20.1 Å². The minimum Gasteiger partial charge on any atom is -0.352 e. The third-order valence-corrected chi connectivity index (χ3v) is 9.09. The second-order valence-electron chi connectivity index (χ2n) is 9.71. The van der Waals surface area contributed by atoms with Gasteiger partial charge in [-0.3, -0.25) is 13.9 Å². The molecule has 0 saturated heterocycles. The van der Waals surface area contributed by atoms with E-state index in [0.29, 0.717) is 27.1 Å². The number of benzene rings is 2. The van der Waals surface area contributed by atoms with Crippen LogP contribution in [0.15, 0.2) is 36.4 Å². The van der Waals surface area contributed by atoms with E-state index in [4.69, 9.17) is 46.4 Å². The van der Waals surface area contributed by atoms with Gasteiger partial charge in [-0.1, -0.05) is 72.2 Å². The predicted octanol–water partition coefficient (Wildman–Crippen LogP) is 6.71. The van der Waals surface area contributed by atoms with Crippen molar-refractivity contribution in [3.63, 3.8) is 0 Å². The average molecular weight is 637 g/mol. The number of sulfonamides is 1. The van der Waals surface area contributed by atoms with Crippen LogP contribution >= 0.6 is 46.4 Å². The van der Waals surface area contributed by atoms with Crippen molar-refractivity contribution < 1.29 is 18.0 Å². The van der Waals surface area contributed by atoms with Gasteiger partial charge in [-0.25, -0.2) is 8.42 Å². The smallest absolute Gasteiger partial charge is 0.243 e. The lowest BCUT2D eigenvalue weighted by molar-refractivity contribution is -0.141. The number of amides is 2. The molecule has 1 aliphatic carbocycles. The molecule has 214 valence electrons. The van der Waals surface area contributed by atoms with Crippen molar-refractivity contribution in [3.05, 3.63) is 62.1 Å². The maximum atomic E-state index is 13.6. The normalized spacial score (nSPS) is 14.7. The molecule has 39 heavy (non-hydrogen) atoms. The van der Waals surface area contributed by atoms with Gasteiger partial charge in [0.1, 0.15) is 6.04 Å². The number of nitrogens with one attached hydrogen (secondary N) is 1. The number of rotatable bonds is 12. The van der Waals surface area contributed by atoms with E-state index in [1.165, 1.54) is 17.0 Å². The minimum atomic E-state index is -3.71. The van der Waals surface area contributed by atoms with Gasteiger partial charge in [0, 0.05) is 40.6 Å². The van der Waals surface area contributed by atoms with Crippen molar-refractivity contribution in [3.8, 4) is 0 Å². The summed E-state index contributed by atoms with van der Waals surface area (Å²) in [6.45, 7) is 1.97. The van der Waals surface area contributed by atoms with E-state index in [-0.39, 0.29) is 54.5 Å². The van der Waals surface area contributed by atoms with E-state index in [1.807, 2.05) is 6.92 Å². The number of nitrogens with zero attached hydrogens (tertiary/aromatic N) is 2. The SMILES string of the molecule is CC[C@@H](C(=O)NC1CCCC1)N(Cc1ccc(Cl)cc1Cl)C(=O)CCCN(c1cc(Cl)ccc1Cl)S(C)(=O)=O. The fourth-order valence-electron chi connectivity index (χ4n) is 4.78. The highest BCUT2D eigenvalue weighted by atomic mass is 35.5. The highest BCUT2D eigenvalue weighted by Gasteiger charge is 2.31. The molecular weight excluding hydrogens is 604 g/mol. The van der Waals surface area contributed by atoms with Crippen molar-refractivity contribution in [2.24, 2.45) is 0 Å². The largest absolute Gasteiger partial charge is 0.352 e. The topological polar surface area (TPSA) is 86.8 Å². The van der Waals surface area contributed by atoms with Crippen LogP contribution in [0.3, 0.4) is 0 Å². The Morgan fingerprint density at radius 2 is 1.64 bits per heavy atom. The van der Waals surface area contributed by atoms with Crippen molar-refractivity contribution in [2.45, 2.75) is 70.5 Å². The van der Waals surface area contributed by atoms with Crippen molar-refractivity contribution in [2.75, 3.05) is 17.1 Å². The Hall–Kier alpha value is -1.71. The molecule has 1 N–H and O–H groups in total. The van der Waals surface area contributed by atoms with Crippen LogP contribution in [0.25, 0.3) is 0 Å². The third-order valence-electron chi connectivity index (χ3n) is 6.77. The zero-order chi connectivity index (χ0) is 28.7. The van der Waals surface area contributed by atoms with E-state index in [1.54, 1.807) is 24.3 Å². The summed E-state index contributed by atoms with van der Waals surface area (Å²) in [5.74, 6) is -0.494. The molecule has 0 radical (unpaired) electrons. The first-order valence-electron chi connectivity index (χ1n) is 12.9. The first kappa shape index (κ1) is 31.8. The Kier molecular flexibility index (Phi) is 11.6. The van der Waals surface area contributed by atoms with E-state index >= 15 is 0 Å². The van der Waals surface area contributed by atoms with Gasteiger partial charge >= 0.3 is 0 Å². The molecule has 1 atom stereocenters. The van der Waals surface area contributed by atoms with E-state index in [9.17, 15) is 18.0 Å². The number of carbonyl (C=O) groups is 2. The Labute approximate surface area is 250 Å². The molecule has 12 heteroatoms. The lowest BCUT2D eigenvalue weighted by Crippen LogP contribution is -2.51. The average Bonchev–Trinajstić information content (AvgIpc) is 3.37. The summed E-state index contributed by atoms with van der Waals surface area (Å²) in [6.07, 6.45) is 5.66. The lowest BCUT2D eigenvalue weighted by Gasteiger charge is -2.32. The Bertz CT molecular complexity index is 1290. The van der Waals surface area contributed by atoms with Gasteiger partial charge in [-0.15, -0.1) is 0 Å². The molecule has 0 bridgehead atoms. The number of carbonyl (C=O) groups excluding carboxylic acids is 2. The molecule has 0 heterocycles. The van der Waals surface area contributed by atoms with Crippen LogP contribution in [-0.4, -0.2) is 50.0 Å². The van der Waals surface area contributed by atoms with E-state index in [2.05, 4.69) is 5.32 Å². The summed E-state index contributed by atoms with van der Waals surface area (Å²) in [4.78, 5) is 28.4. The fraction of sp³-hybridized carbons (Fsp3) is 0.481.